The maximum Gasteiger partial charge on any atom is 0.252 e. The van der Waals surface area contributed by atoms with Crippen LogP contribution in [0, 0.1) is 5.92 Å². The Morgan fingerprint density at radius 2 is 1.93 bits per heavy atom. The average molecular weight is 411 g/mol. The second-order valence-electron chi connectivity index (χ2n) is 8.03. The molecule has 6 nitrogen and oxygen atoms in total. The van der Waals surface area contributed by atoms with Crippen molar-refractivity contribution >= 4 is 5.91 Å². The van der Waals surface area contributed by atoms with Crippen LogP contribution in [-0.4, -0.2) is 45.4 Å². The van der Waals surface area contributed by atoms with Crippen LogP contribution in [0.1, 0.15) is 40.7 Å². The molecule has 0 radical (unpaired) electrons. The highest BCUT2D eigenvalue weighted by molar-refractivity contribution is 5.98. The van der Waals surface area contributed by atoms with Crippen LogP contribution in [0.3, 0.4) is 0 Å². The maximum absolute atomic E-state index is 11.9. The Hall–Kier alpha value is -2.57. The van der Waals surface area contributed by atoms with Crippen molar-refractivity contribution in [1.29, 1.82) is 0 Å². The van der Waals surface area contributed by atoms with E-state index in [1.807, 2.05) is 24.3 Å². The summed E-state index contributed by atoms with van der Waals surface area (Å²) in [5.41, 5.74) is 3.03. The highest BCUT2D eigenvalue weighted by Crippen LogP contribution is 2.35. The lowest BCUT2D eigenvalue weighted by molar-refractivity contribution is 0.0965. The number of ether oxygens (including phenoxy) is 3. The smallest absolute Gasteiger partial charge is 0.252 e. The number of carbonyl (C=O) groups excluding carboxylic acids is 1. The molecule has 4 rings (SSSR count). The van der Waals surface area contributed by atoms with Gasteiger partial charge in [-0.1, -0.05) is 18.2 Å². The van der Waals surface area contributed by atoms with E-state index < -0.39 is 0 Å². The lowest BCUT2D eigenvalue weighted by Gasteiger charge is -2.37. The highest BCUT2D eigenvalue weighted by atomic mass is 16.5. The van der Waals surface area contributed by atoms with Gasteiger partial charge in [-0.3, -0.25) is 4.79 Å². The molecule has 2 aromatic rings. The SMILES string of the molecule is COCCOc1cccc([C@@H]2CCN[C@H](C)[C@H]2COc2ccc3c(c2)C(=O)NC3)c1. The van der Waals surface area contributed by atoms with Gasteiger partial charge in [-0.25, -0.2) is 0 Å². The summed E-state index contributed by atoms with van der Waals surface area (Å²) in [6, 6.07) is 14.5. The lowest BCUT2D eigenvalue weighted by atomic mass is 9.77. The van der Waals surface area contributed by atoms with E-state index in [0.717, 1.165) is 35.6 Å². The number of amides is 1. The molecule has 2 aliphatic rings. The number of hydrogen-bond donors (Lipinski definition) is 2. The van der Waals surface area contributed by atoms with Crippen LogP contribution in [0.25, 0.3) is 0 Å². The quantitative estimate of drug-likeness (QED) is 0.655. The fourth-order valence-electron chi connectivity index (χ4n) is 4.41. The molecule has 30 heavy (non-hydrogen) atoms. The zero-order chi connectivity index (χ0) is 20.9. The van der Waals surface area contributed by atoms with Crippen LogP contribution in [0.15, 0.2) is 42.5 Å². The van der Waals surface area contributed by atoms with Crippen molar-refractivity contribution in [3.63, 3.8) is 0 Å². The fourth-order valence-corrected chi connectivity index (χ4v) is 4.41. The normalized spacial score (nSPS) is 23.0. The van der Waals surface area contributed by atoms with Gasteiger partial charge in [0.25, 0.3) is 5.91 Å². The van der Waals surface area contributed by atoms with E-state index in [1.165, 1.54) is 5.56 Å². The highest BCUT2D eigenvalue weighted by Gasteiger charge is 2.32. The monoisotopic (exact) mass is 410 g/mol. The molecule has 0 spiro atoms. The summed E-state index contributed by atoms with van der Waals surface area (Å²) in [5, 5.41) is 6.43. The molecule has 1 amide bonds. The molecule has 0 saturated carbocycles. The van der Waals surface area contributed by atoms with Crippen LogP contribution in [0.2, 0.25) is 0 Å². The molecule has 2 N–H and O–H groups in total. The number of hydrogen-bond acceptors (Lipinski definition) is 5. The van der Waals surface area contributed by atoms with E-state index in [9.17, 15) is 4.79 Å². The summed E-state index contributed by atoms with van der Waals surface area (Å²) in [4.78, 5) is 11.9. The number of rotatable bonds is 8. The molecule has 6 heteroatoms. The molecule has 2 aliphatic heterocycles. The summed E-state index contributed by atoms with van der Waals surface area (Å²) < 4.78 is 17.1. The molecule has 0 bridgehead atoms. The second kappa shape index (κ2) is 9.49. The topological polar surface area (TPSA) is 68.8 Å². The number of methoxy groups -OCH3 is 1. The summed E-state index contributed by atoms with van der Waals surface area (Å²) >= 11 is 0. The van der Waals surface area contributed by atoms with Crippen molar-refractivity contribution in [2.45, 2.75) is 31.8 Å². The summed E-state index contributed by atoms with van der Waals surface area (Å²) in [6.45, 7) is 5.51. The van der Waals surface area contributed by atoms with E-state index in [1.54, 1.807) is 7.11 Å². The molecule has 1 fully saturated rings. The van der Waals surface area contributed by atoms with Gasteiger partial charge in [0.05, 0.1) is 13.2 Å². The van der Waals surface area contributed by atoms with Gasteiger partial charge in [0, 0.05) is 31.2 Å². The fraction of sp³-hybridized carbons (Fsp3) is 0.458. The van der Waals surface area contributed by atoms with Crippen molar-refractivity contribution in [2.75, 3.05) is 33.5 Å². The number of carbonyl (C=O) groups is 1. The molecule has 1 saturated heterocycles. The van der Waals surface area contributed by atoms with Gasteiger partial charge < -0.3 is 24.8 Å². The predicted octanol–water partition coefficient (Wildman–Crippen LogP) is 3.12. The molecule has 0 aromatic heterocycles. The van der Waals surface area contributed by atoms with Crippen LogP contribution < -0.4 is 20.1 Å². The number of nitrogens with one attached hydrogen (secondary N) is 2. The predicted molar refractivity (Wildman–Crippen MR) is 115 cm³/mol. The van der Waals surface area contributed by atoms with Crippen molar-refractivity contribution in [2.24, 2.45) is 5.92 Å². The Morgan fingerprint density at radius 1 is 1.07 bits per heavy atom. The molecule has 160 valence electrons. The summed E-state index contributed by atoms with van der Waals surface area (Å²) in [7, 11) is 1.67. The Labute approximate surface area is 177 Å². The Kier molecular flexibility index (Phi) is 6.55. The lowest BCUT2D eigenvalue weighted by Crippen LogP contribution is -2.45. The third-order valence-electron chi connectivity index (χ3n) is 6.13. The summed E-state index contributed by atoms with van der Waals surface area (Å²) in [5.74, 6) is 2.30. The van der Waals surface area contributed by atoms with Crippen LogP contribution in [-0.2, 0) is 11.3 Å². The van der Waals surface area contributed by atoms with E-state index in [-0.39, 0.29) is 5.91 Å². The Bertz CT molecular complexity index is 885. The maximum atomic E-state index is 11.9. The van der Waals surface area contributed by atoms with Gasteiger partial charge in [-0.05, 0) is 61.2 Å². The van der Waals surface area contributed by atoms with Gasteiger partial charge in [-0.2, -0.15) is 0 Å². The molecule has 0 aliphatic carbocycles. The molecule has 0 unspecified atom stereocenters. The largest absolute Gasteiger partial charge is 0.493 e. The molecule has 2 heterocycles. The zero-order valence-corrected chi connectivity index (χ0v) is 17.6. The van der Waals surface area contributed by atoms with Crippen LogP contribution >= 0.6 is 0 Å². The first-order valence-electron chi connectivity index (χ1n) is 10.6. The van der Waals surface area contributed by atoms with Gasteiger partial charge in [0.1, 0.15) is 18.1 Å². The van der Waals surface area contributed by atoms with Gasteiger partial charge in [0.15, 0.2) is 0 Å². The van der Waals surface area contributed by atoms with E-state index in [4.69, 9.17) is 14.2 Å². The molecule has 3 atom stereocenters. The van der Waals surface area contributed by atoms with Crippen LogP contribution in [0.5, 0.6) is 11.5 Å². The zero-order valence-electron chi connectivity index (χ0n) is 17.6. The second-order valence-corrected chi connectivity index (χ2v) is 8.03. The third-order valence-corrected chi connectivity index (χ3v) is 6.13. The van der Waals surface area contributed by atoms with Crippen molar-refractivity contribution in [3.05, 3.63) is 59.2 Å². The van der Waals surface area contributed by atoms with Gasteiger partial charge in [-0.15, -0.1) is 0 Å². The van der Waals surface area contributed by atoms with Gasteiger partial charge >= 0.3 is 0 Å². The first-order chi connectivity index (χ1) is 14.7. The first-order valence-corrected chi connectivity index (χ1v) is 10.6. The van der Waals surface area contributed by atoms with Gasteiger partial charge in [0.2, 0.25) is 0 Å². The van der Waals surface area contributed by atoms with Crippen LogP contribution in [0.4, 0.5) is 0 Å². The summed E-state index contributed by atoms with van der Waals surface area (Å²) in [6.07, 6.45) is 1.05. The minimum Gasteiger partial charge on any atom is -0.493 e. The minimum absolute atomic E-state index is 0.0219. The van der Waals surface area contributed by atoms with E-state index in [2.05, 4.69) is 35.8 Å². The molecular weight excluding hydrogens is 380 g/mol. The first kappa shape index (κ1) is 20.7. The average Bonchev–Trinajstić information content (AvgIpc) is 3.13. The van der Waals surface area contributed by atoms with Crippen molar-refractivity contribution < 1.29 is 19.0 Å². The number of fused-ring (bicyclic) bond motifs is 1. The van der Waals surface area contributed by atoms with Crippen molar-refractivity contribution in [1.82, 2.24) is 10.6 Å². The molecular formula is C24H30N2O4. The number of piperidine rings is 1. The Balaban J connectivity index is 1.46. The minimum atomic E-state index is -0.0219. The molecule has 2 aromatic carbocycles. The number of benzene rings is 2. The van der Waals surface area contributed by atoms with Crippen molar-refractivity contribution in [3.8, 4) is 11.5 Å². The van der Waals surface area contributed by atoms with E-state index in [0.29, 0.717) is 44.2 Å². The Morgan fingerprint density at radius 3 is 2.80 bits per heavy atom. The standard InChI is InChI=1S/C24H30N2O4/c1-16-23(15-30-20-7-6-18-14-26-24(27)22(18)13-20)21(8-9-25-16)17-4-3-5-19(12-17)29-11-10-28-2/h3-7,12-13,16,21,23,25H,8-11,14-15H2,1-2H3,(H,26,27)/t16-,21+,23-/m1/s1. The third kappa shape index (κ3) is 4.60. The van der Waals surface area contributed by atoms with E-state index >= 15 is 0 Å².